The lowest BCUT2D eigenvalue weighted by Gasteiger charge is -2.25. The average molecular weight is 227 g/mol. The van der Waals surface area contributed by atoms with E-state index >= 15 is 0 Å². The fraction of sp³-hybridized carbons (Fsp3) is 0.917. The van der Waals surface area contributed by atoms with Crippen molar-refractivity contribution in [3.05, 3.63) is 0 Å². The van der Waals surface area contributed by atoms with Gasteiger partial charge in [0, 0.05) is 25.1 Å². The first-order valence-corrected chi connectivity index (χ1v) is 6.23. The number of amides is 1. The summed E-state index contributed by atoms with van der Waals surface area (Å²) < 4.78 is 4.82. The molecule has 0 spiro atoms. The summed E-state index contributed by atoms with van der Waals surface area (Å²) in [6.45, 7) is 0.854. The number of nitrogens with zero attached hydrogens (tertiary/aromatic N) is 1. The maximum Gasteiger partial charge on any atom is 0.409 e. The molecule has 2 aliphatic rings. The lowest BCUT2D eigenvalue weighted by Crippen LogP contribution is -2.37. The van der Waals surface area contributed by atoms with Crippen LogP contribution in [0.4, 0.5) is 4.79 Å². The molecule has 0 aromatic carbocycles. The molecule has 16 heavy (non-hydrogen) atoms. The second kappa shape index (κ2) is 5.04. The third-order valence-corrected chi connectivity index (χ3v) is 4.11. The van der Waals surface area contributed by atoms with E-state index < -0.39 is 0 Å². The van der Waals surface area contributed by atoms with Crippen LogP contribution in [0, 0.1) is 11.8 Å². The van der Waals surface area contributed by atoms with Crippen LogP contribution in [0.5, 0.6) is 0 Å². The maximum absolute atomic E-state index is 11.7. The molecule has 1 aliphatic carbocycles. The Morgan fingerprint density at radius 3 is 2.81 bits per heavy atom. The molecule has 1 N–H and O–H groups in total. The number of likely N-dealkylation sites (tertiary alicyclic amines) is 1. The number of carbonyl (C=O) groups is 1. The predicted molar refractivity (Wildman–Crippen MR) is 60.0 cm³/mol. The van der Waals surface area contributed by atoms with Crippen molar-refractivity contribution in [2.75, 3.05) is 20.3 Å². The van der Waals surface area contributed by atoms with Crippen molar-refractivity contribution in [2.24, 2.45) is 11.8 Å². The molecule has 4 heteroatoms. The summed E-state index contributed by atoms with van der Waals surface area (Å²) in [6.07, 6.45) is 5.65. The van der Waals surface area contributed by atoms with Gasteiger partial charge in [-0.3, -0.25) is 0 Å². The molecule has 1 unspecified atom stereocenters. The van der Waals surface area contributed by atoms with Gasteiger partial charge in [0.2, 0.25) is 0 Å². The van der Waals surface area contributed by atoms with Gasteiger partial charge in [-0.2, -0.15) is 0 Å². The minimum atomic E-state index is -0.229. The first-order chi connectivity index (χ1) is 7.77. The summed E-state index contributed by atoms with van der Waals surface area (Å²) in [6, 6.07) is 0.298. The second-order valence-electron chi connectivity index (χ2n) is 4.93. The maximum atomic E-state index is 11.7. The molecule has 3 atom stereocenters. The normalized spacial score (nSPS) is 34.4. The Kier molecular flexibility index (Phi) is 3.69. The summed E-state index contributed by atoms with van der Waals surface area (Å²) in [4.78, 5) is 13.5. The van der Waals surface area contributed by atoms with E-state index in [2.05, 4.69) is 0 Å². The van der Waals surface area contributed by atoms with Gasteiger partial charge in [-0.25, -0.2) is 4.79 Å². The Bertz CT molecular complexity index is 257. The van der Waals surface area contributed by atoms with Crippen molar-refractivity contribution in [3.8, 4) is 0 Å². The van der Waals surface area contributed by atoms with Crippen LogP contribution < -0.4 is 0 Å². The van der Waals surface area contributed by atoms with Crippen molar-refractivity contribution in [1.82, 2.24) is 4.90 Å². The average Bonchev–Trinajstić information content (AvgIpc) is 2.50. The Labute approximate surface area is 96.6 Å². The van der Waals surface area contributed by atoms with Gasteiger partial charge in [0.15, 0.2) is 0 Å². The number of aliphatic hydroxyl groups excluding tert-OH is 1. The highest BCUT2D eigenvalue weighted by Gasteiger charge is 2.43. The highest BCUT2D eigenvalue weighted by molar-refractivity contribution is 5.68. The SMILES string of the molecule is COC(=O)N1CC(CO)[C@@H]2CCCCC[C@H]21. The van der Waals surface area contributed by atoms with Gasteiger partial charge < -0.3 is 14.7 Å². The molecule has 0 bridgehead atoms. The molecule has 92 valence electrons. The summed E-state index contributed by atoms with van der Waals surface area (Å²) in [5.41, 5.74) is 0. The zero-order valence-corrected chi connectivity index (χ0v) is 9.89. The first-order valence-electron chi connectivity index (χ1n) is 6.23. The Morgan fingerprint density at radius 2 is 2.12 bits per heavy atom. The monoisotopic (exact) mass is 227 g/mol. The number of fused-ring (bicyclic) bond motifs is 1. The molecular weight excluding hydrogens is 206 g/mol. The predicted octanol–water partition coefficient (Wildman–Crippen LogP) is 1.63. The van der Waals surface area contributed by atoms with Gasteiger partial charge in [0.05, 0.1) is 7.11 Å². The Hall–Kier alpha value is -0.770. The summed E-state index contributed by atoms with van der Waals surface area (Å²) in [7, 11) is 1.43. The van der Waals surface area contributed by atoms with Gasteiger partial charge in [-0.05, 0) is 18.8 Å². The Morgan fingerprint density at radius 1 is 1.38 bits per heavy atom. The Balaban J connectivity index is 2.13. The number of rotatable bonds is 1. The van der Waals surface area contributed by atoms with Crippen molar-refractivity contribution >= 4 is 6.09 Å². The van der Waals surface area contributed by atoms with E-state index in [1.807, 2.05) is 4.90 Å². The molecular formula is C12H21NO3. The third-order valence-electron chi connectivity index (χ3n) is 4.11. The lowest BCUT2D eigenvalue weighted by atomic mass is 9.87. The van der Waals surface area contributed by atoms with Crippen molar-refractivity contribution in [3.63, 3.8) is 0 Å². The van der Waals surface area contributed by atoms with Crippen molar-refractivity contribution < 1.29 is 14.6 Å². The van der Waals surface area contributed by atoms with Gasteiger partial charge in [0.25, 0.3) is 0 Å². The number of ether oxygens (including phenoxy) is 1. The number of carbonyl (C=O) groups excluding carboxylic acids is 1. The van der Waals surface area contributed by atoms with Crippen LogP contribution in [0.3, 0.4) is 0 Å². The van der Waals surface area contributed by atoms with Crippen molar-refractivity contribution in [1.29, 1.82) is 0 Å². The molecule has 0 aromatic rings. The number of aliphatic hydroxyl groups is 1. The highest BCUT2D eigenvalue weighted by atomic mass is 16.5. The fourth-order valence-corrected chi connectivity index (χ4v) is 3.30. The smallest absolute Gasteiger partial charge is 0.409 e. The summed E-state index contributed by atoms with van der Waals surface area (Å²) in [5.74, 6) is 0.730. The molecule has 1 heterocycles. The van der Waals surface area contributed by atoms with E-state index in [0.717, 1.165) is 12.8 Å². The summed E-state index contributed by atoms with van der Waals surface area (Å²) in [5, 5.41) is 9.39. The van der Waals surface area contributed by atoms with Gasteiger partial charge in [-0.15, -0.1) is 0 Å². The quantitative estimate of drug-likeness (QED) is 0.740. The third kappa shape index (κ3) is 2.03. The van der Waals surface area contributed by atoms with Gasteiger partial charge in [-0.1, -0.05) is 19.3 Å². The van der Waals surface area contributed by atoms with E-state index in [0.29, 0.717) is 18.5 Å². The number of methoxy groups -OCH3 is 1. The highest BCUT2D eigenvalue weighted by Crippen LogP contribution is 2.38. The lowest BCUT2D eigenvalue weighted by molar-refractivity contribution is 0.112. The molecule has 0 radical (unpaired) electrons. The largest absolute Gasteiger partial charge is 0.453 e. The van der Waals surface area contributed by atoms with E-state index in [1.165, 1.54) is 26.4 Å². The minimum Gasteiger partial charge on any atom is -0.453 e. The van der Waals surface area contributed by atoms with Crippen LogP contribution >= 0.6 is 0 Å². The second-order valence-corrected chi connectivity index (χ2v) is 4.93. The van der Waals surface area contributed by atoms with Crippen LogP contribution in [-0.4, -0.2) is 42.4 Å². The van der Waals surface area contributed by atoms with E-state index in [1.54, 1.807) is 0 Å². The molecule has 1 saturated heterocycles. The molecule has 2 rings (SSSR count). The van der Waals surface area contributed by atoms with E-state index in [-0.39, 0.29) is 18.6 Å². The molecule has 0 aromatic heterocycles. The zero-order valence-electron chi connectivity index (χ0n) is 9.89. The topological polar surface area (TPSA) is 49.8 Å². The first kappa shape index (κ1) is 11.7. The fourth-order valence-electron chi connectivity index (χ4n) is 3.30. The summed E-state index contributed by atoms with van der Waals surface area (Å²) >= 11 is 0. The zero-order chi connectivity index (χ0) is 11.5. The van der Waals surface area contributed by atoms with E-state index in [9.17, 15) is 9.90 Å². The standard InChI is InChI=1S/C12H21NO3/c1-16-12(15)13-7-9(8-14)10-5-3-2-4-6-11(10)13/h9-11,14H,2-8H2,1H3/t9?,10-,11+/m0/s1. The molecule has 4 nitrogen and oxygen atoms in total. The van der Waals surface area contributed by atoms with Gasteiger partial charge >= 0.3 is 6.09 Å². The molecule has 1 aliphatic heterocycles. The molecule has 2 fully saturated rings. The van der Waals surface area contributed by atoms with Crippen molar-refractivity contribution in [2.45, 2.75) is 38.1 Å². The van der Waals surface area contributed by atoms with E-state index in [4.69, 9.17) is 4.74 Å². The number of hydrogen-bond donors (Lipinski definition) is 1. The molecule has 1 amide bonds. The van der Waals surface area contributed by atoms with Crippen LogP contribution in [0.25, 0.3) is 0 Å². The van der Waals surface area contributed by atoms with Crippen LogP contribution in [-0.2, 0) is 4.74 Å². The van der Waals surface area contributed by atoms with Gasteiger partial charge in [0.1, 0.15) is 0 Å². The van der Waals surface area contributed by atoms with Crippen LogP contribution in [0.2, 0.25) is 0 Å². The molecule has 1 saturated carbocycles. The van der Waals surface area contributed by atoms with Crippen LogP contribution in [0.1, 0.15) is 32.1 Å². The minimum absolute atomic E-state index is 0.189. The number of hydrogen-bond acceptors (Lipinski definition) is 3. The van der Waals surface area contributed by atoms with Crippen LogP contribution in [0.15, 0.2) is 0 Å².